The first-order valence-electron chi connectivity index (χ1n) is 10.9. The molecule has 3 amide bonds. The Labute approximate surface area is 203 Å². The Hall–Kier alpha value is -4.17. The lowest BCUT2D eigenvalue weighted by Crippen LogP contribution is -2.55. The number of para-hydroxylation sites is 1. The van der Waals surface area contributed by atoms with E-state index >= 15 is 0 Å². The van der Waals surface area contributed by atoms with Crippen LogP contribution in [0, 0.1) is 23.0 Å². The zero-order chi connectivity index (χ0) is 24.4. The Kier molecular flexibility index (Phi) is 4.69. The maximum Gasteiger partial charge on any atom is 0.332 e. The van der Waals surface area contributed by atoms with Crippen molar-refractivity contribution in [3.05, 3.63) is 66.0 Å². The van der Waals surface area contributed by atoms with E-state index in [-0.39, 0.29) is 22.5 Å². The number of nitrogens with one attached hydrogen (secondary N) is 1. The Morgan fingerprint density at radius 1 is 1.11 bits per heavy atom. The van der Waals surface area contributed by atoms with Crippen molar-refractivity contribution in [3.8, 4) is 6.07 Å². The second kappa shape index (κ2) is 7.68. The number of thiocarbonyl (C=S) groups is 1. The van der Waals surface area contributed by atoms with Crippen LogP contribution in [0.2, 0.25) is 0 Å². The molecule has 3 aliphatic heterocycles. The number of hydrogen-bond donors (Lipinski definition) is 1. The zero-order valence-electron chi connectivity index (χ0n) is 18.0. The third-order valence-corrected chi connectivity index (χ3v) is 7.18. The van der Waals surface area contributed by atoms with Crippen LogP contribution < -0.4 is 10.2 Å². The fraction of sp³-hybridized carbons (Fsp3) is 0.208. The van der Waals surface area contributed by atoms with Crippen molar-refractivity contribution in [2.24, 2.45) is 0 Å². The average Bonchev–Trinajstić information content (AvgIpc) is 3.52. The van der Waals surface area contributed by atoms with E-state index in [0.717, 1.165) is 17.0 Å². The molecule has 35 heavy (non-hydrogen) atoms. The first-order chi connectivity index (χ1) is 16.9. The summed E-state index contributed by atoms with van der Waals surface area (Å²) in [5.41, 5.74) is 0.152. The van der Waals surface area contributed by atoms with E-state index in [0.29, 0.717) is 29.4 Å². The van der Waals surface area contributed by atoms with Gasteiger partial charge in [0, 0.05) is 17.3 Å². The van der Waals surface area contributed by atoms with Gasteiger partial charge in [0.05, 0.1) is 24.0 Å². The molecule has 3 atom stereocenters. The Bertz CT molecular complexity index is 1470. The van der Waals surface area contributed by atoms with E-state index < -0.39 is 35.7 Å². The highest BCUT2D eigenvalue weighted by molar-refractivity contribution is 7.80. The number of halogens is 2. The SMILES string of the molecule is N#Cc1ncc(N2C(=O)[C@@H]3[C@@H]4C[C@@H](CN4C(=S)Nc4c(F)cccc4F)N3C2=O)c2ccccc12. The number of urea groups is 1. The van der Waals surface area contributed by atoms with Crippen molar-refractivity contribution in [3.63, 3.8) is 0 Å². The van der Waals surface area contributed by atoms with Crippen LogP contribution in [0.4, 0.5) is 25.0 Å². The third-order valence-electron chi connectivity index (χ3n) is 6.84. The molecule has 3 aromatic rings. The molecule has 8 nitrogen and oxygen atoms in total. The van der Waals surface area contributed by atoms with Crippen molar-refractivity contribution in [2.75, 3.05) is 16.8 Å². The minimum absolute atomic E-state index is 0.0883. The highest BCUT2D eigenvalue weighted by Crippen LogP contribution is 2.43. The number of nitriles is 1. The third kappa shape index (κ3) is 2.99. The number of hydrogen-bond acceptors (Lipinski definition) is 5. The van der Waals surface area contributed by atoms with Crippen LogP contribution in [0.25, 0.3) is 10.8 Å². The quantitative estimate of drug-likeness (QED) is 0.435. The largest absolute Gasteiger partial charge is 0.341 e. The number of aromatic nitrogens is 1. The molecule has 174 valence electrons. The molecular weight excluding hydrogens is 474 g/mol. The van der Waals surface area contributed by atoms with Gasteiger partial charge in [-0.2, -0.15) is 5.26 Å². The number of likely N-dealkylation sites (tertiary alicyclic amines) is 1. The predicted molar refractivity (Wildman–Crippen MR) is 126 cm³/mol. The molecule has 0 spiro atoms. The molecule has 6 rings (SSSR count). The second-order valence-corrected chi connectivity index (χ2v) is 8.98. The van der Waals surface area contributed by atoms with Crippen LogP contribution in [0.3, 0.4) is 0 Å². The molecule has 0 aliphatic carbocycles. The van der Waals surface area contributed by atoms with Gasteiger partial charge in [0.1, 0.15) is 35.1 Å². The highest BCUT2D eigenvalue weighted by atomic mass is 32.1. The normalized spacial score (nSPS) is 22.7. The molecule has 2 aromatic carbocycles. The van der Waals surface area contributed by atoms with Crippen LogP contribution in [0.1, 0.15) is 12.1 Å². The minimum atomic E-state index is -0.791. The molecule has 0 saturated carbocycles. The molecule has 11 heteroatoms. The maximum atomic E-state index is 14.1. The van der Waals surface area contributed by atoms with Crippen LogP contribution in [0.5, 0.6) is 0 Å². The summed E-state index contributed by atoms with van der Waals surface area (Å²) in [6.45, 7) is 0.336. The standard InChI is InChI=1S/C24H16F2N6O2S/c25-15-6-3-7-16(26)20(15)29-23(35)30-11-12-8-18(30)21-22(33)32(24(34)31(12)21)19-10-28-17(9-27)13-4-1-2-5-14(13)19/h1-7,10,12,18,21H,8,11H2,(H,29,35)/t12-,18-,21-/m0/s1. The van der Waals surface area contributed by atoms with Gasteiger partial charge in [0.25, 0.3) is 5.91 Å². The van der Waals surface area contributed by atoms with Gasteiger partial charge in [-0.25, -0.2) is 23.5 Å². The van der Waals surface area contributed by atoms with E-state index in [1.54, 1.807) is 34.1 Å². The number of benzene rings is 2. The summed E-state index contributed by atoms with van der Waals surface area (Å²) < 4.78 is 28.2. The number of rotatable bonds is 2. The monoisotopic (exact) mass is 490 g/mol. The van der Waals surface area contributed by atoms with Crippen LogP contribution in [-0.4, -0.2) is 56.5 Å². The number of anilines is 2. The molecule has 4 heterocycles. The summed E-state index contributed by atoms with van der Waals surface area (Å²) in [6.07, 6.45) is 1.88. The van der Waals surface area contributed by atoms with Gasteiger partial charge in [0.2, 0.25) is 0 Å². The van der Waals surface area contributed by atoms with Crippen LogP contribution in [-0.2, 0) is 4.79 Å². The second-order valence-electron chi connectivity index (χ2n) is 8.59. The van der Waals surface area contributed by atoms with Crippen molar-refractivity contribution in [1.29, 1.82) is 5.26 Å². The Morgan fingerprint density at radius 3 is 2.54 bits per heavy atom. The zero-order valence-corrected chi connectivity index (χ0v) is 18.8. The van der Waals surface area contributed by atoms with Gasteiger partial charge in [-0.3, -0.25) is 4.79 Å². The predicted octanol–water partition coefficient (Wildman–Crippen LogP) is 3.38. The molecule has 2 bridgehead atoms. The van der Waals surface area contributed by atoms with Gasteiger partial charge < -0.3 is 15.1 Å². The Balaban J connectivity index is 1.32. The molecule has 3 saturated heterocycles. The highest BCUT2D eigenvalue weighted by Gasteiger charge is 2.62. The van der Waals surface area contributed by atoms with E-state index in [2.05, 4.69) is 10.3 Å². The summed E-state index contributed by atoms with van der Waals surface area (Å²) in [5, 5.41) is 13.2. The molecule has 0 unspecified atom stereocenters. The average molecular weight is 490 g/mol. The first-order valence-corrected chi connectivity index (χ1v) is 11.3. The van der Waals surface area contributed by atoms with E-state index in [4.69, 9.17) is 12.2 Å². The van der Waals surface area contributed by atoms with Gasteiger partial charge in [-0.1, -0.05) is 30.3 Å². The lowest BCUT2D eigenvalue weighted by Gasteiger charge is -2.36. The number of nitrogens with zero attached hydrogens (tertiary/aromatic N) is 5. The van der Waals surface area contributed by atoms with E-state index in [1.165, 1.54) is 12.3 Å². The smallest absolute Gasteiger partial charge is 0.332 e. The van der Waals surface area contributed by atoms with E-state index in [9.17, 15) is 23.6 Å². The number of fused-ring (bicyclic) bond motifs is 6. The topological polar surface area (TPSA) is 92.6 Å². The van der Waals surface area contributed by atoms with Gasteiger partial charge >= 0.3 is 6.03 Å². The van der Waals surface area contributed by atoms with Gasteiger partial charge in [0.15, 0.2) is 5.11 Å². The number of imide groups is 1. The maximum absolute atomic E-state index is 14.1. The van der Waals surface area contributed by atoms with Crippen LogP contribution in [0.15, 0.2) is 48.7 Å². The first kappa shape index (κ1) is 21.4. The van der Waals surface area contributed by atoms with E-state index in [1.807, 2.05) is 6.07 Å². The molecule has 3 fully saturated rings. The Morgan fingerprint density at radius 2 is 1.83 bits per heavy atom. The lowest BCUT2D eigenvalue weighted by molar-refractivity contribution is -0.120. The van der Waals surface area contributed by atoms with Crippen molar-refractivity contribution >= 4 is 51.4 Å². The van der Waals surface area contributed by atoms with Crippen molar-refractivity contribution in [1.82, 2.24) is 14.8 Å². The summed E-state index contributed by atoms with van der Waals surface area (Å²) in [7, 11) is 0. The fourth-order valence-corrected chi connectivity index (χ4v) is 5.67. The van der Waals surface area contributed by atoms with Gasteiger partial charge in [-0.15, -0.1) is 0 Å². The fourth-order valence-electron chi connectivity index (χ4n) is 5.35. The summed E-state index contributed by atoms with van der Waals surface area (Å²) >= 11 is 5.43. The molecule has 0 radical (unpaired) electrons. The summed E-state index contributed by atoms with van der Waals surface area (Å²) in [5.74, 6) is -1.99. The number of piperazine rings is 1. The number of carbonyl (C=O) groups excluding carboxylic acids is 2. The minimum Gasteiger partial charge on any atom is -0.341 e. The molecule has 1 N–H and O–H groups in total. The molecular formula is C24H16F2N6O2S. The summed E-state index contributed by atoms with van der Waals surface area (Å²) in [4.78, 5) is 35.5. The van der Waals surface area contributed by atoms with Crippen LogP contribution >= 0.6 is 12.2 Å². The van der Waals surface area contributed by atoms with Crippen molar-refractivity contribution in [2.45, 2.75) is 24.5 Å². The lowest BCUT2D eigenvalue weighted by atomic mass is 10.1. The number of amides is 3. The van der Waals surface area contributed by atoms with Crippen molar-refractivity contribution < 1.29 is 18.4 Å². The number of carbonyl (C=O) groups is 2. The summed E-state index contributed by atoms with van der Waals surface area (Å²) in [6, 6.07) is 10.5. The molecule has 3 aliphatic rings. The van der Waals surface area contributed by atoms with Gasteiger partial charge in [-0.05, 0) is 30.8 Å². The number of pyridine rings is 1. The molecule has 1 aromatic heterocycles.